The molecule has 0 atom stereocenters. The second-order valence-electron chi connectivity index (χ2n) is 28.1. The Hall–Kier alpha value is -15.8. The fraction of sp³-hybridized carbons (Fsp3) is 0.0103. The van der Waals surface area contributed by atoms with Gasteiger partial charge in [0.2, 0.25) is 5.82 Å². The summed E-state index contributed by atoms with van der Waals surface area (Å²) in [4.78, 5) is 59.9. The molecule has 0 aliphatic heterocycles. The first kappa shape index (κ1) is 72.1. The van der Waals surface area contributed by atoms with Crippen molar-refractivity contribution in [2.75, 3.05) is 0 Å². The van der Waals surface area contributed by atoms with E-state index in [2.05, 4.69) is 0 Å². The highest BCUT2D eigenvalue weighted by molar-refractivity contribution is 6.13. The zero-order valence-corrected chi connectivity index (χ0v) is 62.0. The van der Waals surface area contributed by atoms with Crippen LogP contribution in [0.3, 0.4) is 0 Å². The first-order chi connectivity index (χ1) is 58.2. The molecule has 20 aromatic rings. The number of fused-ring (bicyclic) bond motifs is 6. The smallest absolute Gasteiger partial charge is 0.308 e. The molecule has 0 amide bonds. The van der Waals surface area contributed by atoms with E-state index in [1.807, 2.05) is 243 Å². The average Bonchev–Trinajstić information content (AvgIpc) is 1.58. The van der Waals surface area contributed by atoms with Crippen LogP contribution >= 0.6 is 0 Å². The zero-order chi connectivity index (χ0) is 80.6. The van der Waals surface area contributed by atoms with Gasteiger partial charge in [-0.25, -0.2) is 81.8 Å². The molecule has 0 saturated heterocycles. The lowest BCUT2D eigenvalue weighted by Crippen LogP contribution is -2.16. The minimum absolute atomic E-state index is 0.0255. The number of benzene rings is 14. The van der Waals surface area contributed by atoms with Crippen molar-refractivity contribution in [1.29, 1.82) is 0 Å². The standard InChI is InChI=1S/C97H54F8N14/c98-80-78(81(99)83(101)84(102)82(80)100)67-53-76(118-72-49-63(93-110-85(55-25-9-1-10-26-55)106-86(111-93)56-27-11-2-12-28-56)41-45-68(72)69-46-42-64(50-73(69)118)94-112-87(57-29-13-3-14-30-57)107-88(113-94)58-31-15-4-16-32-58)79(97(103,104)105)77(54-67)119-74-51-65(95-114-89(59-33-17-5-18-34-59)108-90(115-95)60-35-19-6-20-36-60)43-47-70(74)71-48-44-66(52-75(71)119)96-116-91(61-37-21-7-22-38-61)109-92(117-96)62-39-23-8-24-40-62/h1-54H. The molecule has 0 aliphatic carbocycles. The van der Waals surface area contributed by atoms with Gasteiger partial charge in [-0.2, -0.15) is 13.2 Å². The minimum atomic E-state index is -5.55. The van der Waals surface area contributed by atoms with E-state index in [9.17, 15) is 0 Å². The monoisotopic (exact) mass is 1570 g/mol. The molecule has 0 saturated carbocycles. The van der Waals surface area contributed by atoms with Crippen LogP contribution in [0.2, 0.25) is 0 Å². The Morgan fingerprint density at radius 3 is 0.546 bits per heavy atom. The predicted molar refractivity (Wildman–Crippen MR) is 444 cm³/mol. The van der Waals surface area contributed by atoms with E-state index in [-0.39, 0.29) is 114 Å². The third-order valence-corrected chi connectivity index (χ3v) is 20.7. The number of rotatable bonds is 15. The lowest BCUT2D eigenvalue weighted by atomic mass is 9.97. The molecular formula is C97H54F8N14. The van der Waals surface area contributed by atoms with Crippen LogP contribution in [0, 0.1) is 29.1 Å². The van der Waals surface area contributed by atoms with Gasteiger partial charge in [0, 0.05) is 88.3 Å². The summed E-state index contributed by atoms with van der Waals surface area (Å²) in [7, 11) is 0. The van der Waals surface area contributed by atoms with E-state index in [1.54, 1.807) is 72.8 Å². The quantitative estimate of drug-likeness (QED) is 0.0543. The van der Waals surface area contributed by atoms with Crippen LogP contribution in [-0.4, -0.2) is 68.9 Å². The van der Waals surface area contributed by atoms with Gasteiger partial charge in [-0.1, -0.05) is 291 Å². The Bertz CT molecular complexity index is 6350. The Labute approximate surface area is 671 Å². The topological polar surface area (TPSA) is 165 Å². The molecule has 0 aliphatic rings. The van der Waals surface area contributed by atoms with Crippen molar-refractivity contribution in [3.63, 3.8) is 0 Å². The molecule has 0 N–H and O–H groups in total. The summed E-state index contributed by atoms with van der Waals surface area (Å²) in [6.45, 7) is 0. The molecular weight excluding hydrogens is 1510 g/mol. The third kappa shape index (κ3) is 13.2. The molecule has 0 unspecified atom stereocenters. The van der Waals surface area contributed by atoms with Crippen molar-refractivity contribution < 1.29 is 35.1 Å². The van der Waals surface area contributed by atoms with Crippen LogP contribution in [0.5, 0.6) is 0 Å². The summed E-state index contributed by atoms with van der Waals surface area (Å²) in [5.74, 6) is -9.47. The Morgan fingerprint density at radius 2 is 0.361 bits per heavy atom. The van der Waals surface area contributed by atoms with Gasteiger partial charge in [0.1, 0.15) is 5.56 Å². The highest BCUT2D eigenvalue weighted by Crippen LogP contribution is 2.49. The third-order valence-electron chi connectivity index (χ3n) is 20.7. The lowest BCUT2D eigenvalue weighted by Gasteiger charge is -2.24. The molecule has 0 fully saturated rings. The number of alkyl halides is 3. The largest absolute Gasteiger partial charge is 0.420 e. The van der Waals surface area contributed by atoms with E-state index in [0.717, 1.165) is 12.1 Å². The normalized spacial score (nSPS) is 11.7. The molecule has 6 heterocycles. The molecule has 20 rings (SSSR count). The Morgan fingerprint density at radius 1 is 0.185 bits per heavy atom. The summed E-state index contributed by atoms with van der Waals surface area (Å²) in [5.41, 5.74) is 0.473. The molecule has 14 nitrogen and oxygen atoms in total. The van der Waals surface area contributed by atoms with E-state index >= 15 is 35.1 Å². The first-order valence-electron chi connectivity index (χ1n) is 37.6. The molecule has 0 radical (unpaired) electrons. The molecule has 0 bridgehead atoms. The van der Waals surface area contributed by atoms with Crippen LogP contribution in [0.15, 0.2) is 328 Å². The summed E-state index contributed by atoms with van der Waals surface area (Å²) in [5, 5.41) is 1.31. The molecule has 568 valence electrons. The Balaban J connectivity index is 0.930. The molecule has 0 spiro atoms. The van der Waals surface area contributed by atoms with Crippen molar-refractivity contribution in [3.8, 4) is 159 Å². The molecule has 6 aromatic heterocycles. The SMILES string of the molecule is Fc1c(F)c(F)c(-c2cc(-n3c4cc(-c5nc(-c6ccccc6)nc(-c6ccccc6)n5)ccc4c4ccc(-c5nc(-c6ccccc6)nc(-c6ccccc6)n5)cc43)c(C(F)(F)F)c(-n3c4cc(-c5nc(-c6ccccc6)nc(-c6ccccc6)n5)ccc4c4ccc(-c5nc(-c6ccccc6)nc(-c6ccccc6)n5)cc43)c2)c(F)c1F. The second-order valence-corrected chi connectivity index (χ2v) is 28.1. The molecule has 14 aromatic carbocycles. The van der Waals surface area contributed by atoms with Crippen LogP contribution in [0.1, 0.15) is 5.56 Å². The van der Waals surface area contributed by atoms with Gasteiger partial charge in [-0.05, 0) is 42.0 Å². The van der Waals surface area contributed by atoms with Gasteiger partial charge in [0.25, 0.3) is 0 Å². The minimum Gasteiger partial charge on any atom is -0.308 e. The number of aromatic nitrogens is 14. The fourth-order valence-corrected chi connectivity index (χ4v) is 15.1. The van der Waals surface area contributed by atoms with E-state index < -0.39 is 63.3 Å². The van der Waals surface area contributed by atoms with E-state index in [0.29, 0.717) is 66.1 Å². The average molecular weight is 1570 g/mol. The van der Waals surface area contributed by atoms with E-state index in [1.165, 1.54) is 9.13 Å². The highest BCUT2D eigenvalue weighted by atomic mass is 19.4. The number of hydrogen-bond donors (Lipinski definition) is 0. The summed E-state index contributed by atoms with van der Waals surface area (Å²) in [6.07, 6.45) is -5.55. The van der Waals surface area contributed by atoms with Crippen molar-refractivity contribution in [2.45, 2.75) is 6.18 Å². The maximum absolute atomic E-state index is 18.5. The van der Waals surface area contributed by atoms with Crippen molar-refractivity contribution in [2.24, 2.45) is 0 Å². The van der Waals surface area contributed by atoms with Crippen LogP contribution in [-0.2, 0) is 6.18 Å². The van der Waals surface area contributed by atoms with Crippen molar-refractivity contribution >= 4 is 43.6 Å². The highest BCUT2D eigenvalue weighted by Gasteiger charge is 2.41. The summed E-state index contributed by atoms with van der Waals surface area (Å²) in [6, 6.07) is 94.6. The maximum atomic E-state index is 18.5. The zero-order valence-electron chi connectivity index (χ0n) is 62.0. The van der Waals surface area contributed by atoms with Crippen LogP contribution < -0.4 is 0 Å². The van der Waals surface area contributed by atoms with Gasteiger partial charge < -0.3 is 9.13 Å². The lowest BCUT2D eigenvalue weighted by molar-refractivity contribution is -0.137. The summed E-state index contributed by atoms with van der Waals surface area (Å²) >= 11 is 0. The van der Waals surface area contributed by atoms with Gasteiger partial charge in [-0.15, -0.1) is 0 Å². The fourth-order valence-electron chi connectivity index (χ4n) is 15.1. The Kier molecular flexibility index (Phi) is 17.9. The van der Waals surface area contributed by atoms with Crippen molar-refractivity contribution in [1.82, 2.24) is 68.9 Å². The summed E-state index contributed by atoms with van der Waals surface area (Å²) < 4.78 is 142. The number of nitrogens with zero attached hydrogens (tertiary/aromatic N) is 14. The van der Waals surface area contributed by atoms with Gasteiger partial charge >= 0.3 is 6.18 Å². The van der Waals surface area contributed by atoms with Gasteiger partial charge in [0.05, 0.1) is 39.0 Å². The van der Waals surface area contributed by atoms with Crippen LogP contribution in [0.25, 0.3) is 203 Å². The van der Waals surface area contributed by atoms with Gasteiger partial charge in [0.15, 0.2) is 93.2 Å². The van der Waals surface area contributed by atoms with Crippen molar-refractivity contribution in [3.05, 3.63) is 362 Å². The van der Waals surface area contributed by atoms with E-state index in [4.69, 9.17) is 59.8 Å². The number of halogens is 8. The maximum Gasteiger partial charge on any atom is 0.420 e. The van der Waals surface area contributed by atoms with Gasteiger partial charge in [-0.3, -0.25) is 0 Å². The second kappa shape index (κ2) is 29.5. The number of hydrogen-bond acceptors (Lipinski definition) is 12. The van der Waals surface area contributed by atoms with Crippen LogP contribution in [0.4, 0.5) is 35.1 Å². The molecule has 22 heteroatoms. The first-order valence-corrected chi connectivity index (χ1v) is 37.6. The molecule has 119 heavy (non-hydrogen) atoms. The predicted octanol–water partition coefficient (Wildman–Crippen LogP) is 24.0.